The van der Waals surface area contributed by atoms with Crippen molar-refractivity contribution in [3.63, 3.8) is 0 Å². The summed E-state index contributed by atoms with van der Waals surface area (Å²) in [5.74, 6) is 0.340. The Bertz CT molecular complexity index is 594. The molecule has 0 fully saturated rings. The number of aromatic nitrogens is 3. The number of rotatable bonds is 5. The molecule has 1 aromatic heterocycles. The maximum absolute atomic E-state index is 11.7. The summed E-state index contributed by atoms with van der Waals surface area (Å²) in [6.07, 6.45) is 1.67. The van der Waals surface area contributed by atoms with Gasteiger partial charge in [0.25, 0.3) is 0 Å². The standard InChI is InChI=1S/C14H18N4OS/c1-10(2)16-13(19)8-20-14-17-15-9-18(14)12-7-5-4-6-11(12)3/h4-7,9-10H,8H2,1-3H3,(H,16,19). The third-order valence-electron chi connectivity index (χ3n) is 2.67. The monoisotopic (exact) mass is 290 g/mol. The maximum atomic E-state index is 11.7. The molecular weight excluding hydrogens is 272 g/mol. The highest BCUT2D eigenvalue weighted by atomic mass is 32.2. The first-order valence-electron chi connectivity index (χ1n) is 6.46. The van der Waals surface area contributed by atoms with E-state index in [-0.39, 0.29) is 11.9 Å². The van der Waals surface area contributed by atoms with Crippen LogP contribution >= 0.6 is 11.8 Å². The second-order valence-electron chi connectivity index (χ2n) is 4.78. The van der Waals surface area contributed by atoms with Crippen LogP contribution in [0.15, 0.2) is 35.7 Å². The quantitative estimate of drug-likeness (QED) is 0.858. The molecule has 0 saturated heterocycles. The Hall–Kier alpha value is -1.82. The molecule has 2 rings (SSSR count). The number of thioether (sulfide) groups is 1. The van der Waals surface area contributed by atoms with Crippen LogP contribution in [0, 0.1) is 6.92 Å². The van der Waals surface area contributed by atoms with Crippen LogP contribution in [0.3, 0.4) is 0 Å². The molecule has 5 nitrogen and oxygen atoms in total. The van der Waals surface area contributed by atoms with Crippen molar-refractivity contribution in [1.82, 2.24) is 20.1 Å². The van der Waals surface area contributed by atoms with E-state index in [1.54, 1.807) is 6.33 Å². The van der Waals surface area contributed by atoms with Crippen molar-refractivity contribution in [2.24, 2.45) is 0 Å². The zero-order chi connectivity index (χ0) is 14.5. The summed E-state index contributed by atoms with van der Waals surface area (Å²) in [4.78, 5) is 11.7. The van der Waals surface area contributed by atoms with Crippen LogP contribution < -0.4 is 5.32 Å². The highest BCUT2D eigenvalue weighted by Gasteiger charge is 2.11. The molecule has 0 aliphatic heterocycles. The molecule has 0 spiro atoms. The van der Waals surface area contributed by atoms with Crippen molar-refractivity contribution >= 4 is 17.7 Å². The van der Waals surface area contributed by atoms with Gasteiger partial charge in [-0.3, -0.25) is 9.36 Å². The van der Waals surface area contributed by atoms with Gasteiger partial charge in [-0.15, -0.1) is 10.2 Å². The van der Waals surface area contributed by atoms with Crippen LogP contribution in [0.2, 0.25) is 0 Å². The van der Waals surface area contributed by atoms with E-state index in [4.69, 9.17) is 0 Å². The van der Waals surface area contributed by atoms with Crippen LogP contribution in [-0.4, -0.2) is 32.5 Å². The number of para-hydroxylation sites is 1. The molecule has 0 unspecified atom stereocenters. The molecule has 1 N–H and O–H groups in total. The van der Waals surface area contributed by atoms with Crippen LogP contribution in [0.5, 0.6) is 0 Å². The Balaban J connectivity index is 2.10. The van der Waals surface area contributed by atoms with Crippen molar-refractivity contribution in [3.8, 4) is 5.69 Å². The van der Waals surface area contributed by atoms with E-state index in [1.165, 1.54) is 11.8 Å². The molecule has 0 saturated carbocycles. The zero-order valence-electron chi connectivity index (χ0n) is 11.8. The summed E-state index contributed by atoms with van der Waals surface area (Å²) in [6, 6.07) is 8.16. The Morgan fingerprint density at radius 1 is 1.40 bits per heavy atom. The van der Waals surface area contributed by atoms with Crippen LogP contribution in [0.4, 0.5) is 0 Å². The lowest BCUT2D eigenvalue weighted by Gasteiger charge is -2.10. The molecule has 0 aliphatic carbocycles. The number of aryl methyl sites for hydroxylation is 1. The van der Waals surface area contributed by atoms with Gasteiger partial charge in [0.2, 0.25) is 5.91 Å². The van der Waals surface area contributed by atoms with Crippen LogP contribution in [-0.2, 0) is 4.79 Å². The second-order valence-corrected chi connectivity index (χ2v) is 5.72. The summed E-state index contributed by atoms with van der Waals surface area (Å²) in [5, 5.41) is 11.6. The molecular formula is C14H18N4OS. The summed E-state index contributed by atoms with van der Waals surface area (Å²) < 4.78 is 1.91. The van der Waals surface area contributed by atoms with Crippen molar-refractivity contribution in [2.75, 3.05) is 5.75 Å². The fourth-order valence-corrected chi connectivity index (χ4v) is 2.55. The van der Waals surface area contributed by atoms with Crippen LogP contribution in [0.1, 0.15) is 19.4 Å². The average molecular weight is 290 g/mol. The fraction of sp³-hybridized carbons (Fsp3) is 0.357. The fourth-order valence-electron chi connectivity index (χ4n) is 1.82. The first kappa shape index (κ1) is 14.6. The summed E-state index contributed by atoms with van der Waals surface area (Å²) >= 11 is 1.38. The minimum absolute atomic E-state index is 0.00401. The van der Waals surface area contributed by atoms with Gasteiger partial charge in [-0.1, -0.05) is 30.0 Å². The molecule has 0 radical (unpaired) electrons. The zero-order valence-corrected chi connectivity index (χ0v) is 12.6. The second kappa shape index (κ2) is 6.56. The largest absolute Gasteiger partial charge is 0.353 e. The van der Waals surface area contributed by atoms with E-state index in [9.17, 15) is 4.79 Å². The number of nitrogens with one attached hydrogen (secondary N) is 1. The normalized spacial score (nSPS) is 10.8. The Morgan fingerprint density at radius 3 is 2.85 bits per heavy atom. The SMILES string of the molecule is Cc1ccccc1-n1cnnc1SCC(=O)NC(C)C. The molecule has 106 valence electrons. The van der Waals surface area contributed by atoms with Crippen molar-refractivity contribution in [1.29, 1.82) is 0 Å². The lowest BCUT2D eigenvalue weighted by molar-refractivity contribution is -0.119. The Labute approximate surface area is 122 Å². The smallest absolute Gasteiger partial charge is 0.230 e. The summed E-state index contributed by atoms with van der Waals surface area (Å²) in [7, 11) is 0. The van der Waals surface area contributed by atoms with Gasteiger partial charge < -0.3 is 5.32 Å². The molecule has 0 atom stereocenters. The molecule has 0 aliphatic rings. The molecule has 1 heterocycles. The van der Waals surface area contributed by atoms with Crippen molar-refractivity contribution < 1.29 is 4.79 Å². The van der Waals surface area contributed by atoms with Gasteiger partial charge >= 0.3 is 0 Å². The number of amides is 1. The van der Waals surface area contributed by atoms with Gasteiger partial charge in [-0.05, 0) is 32.4 Å². The van der Waals surface area contributed by atoms with Gasteiger partial charge in [0.05, 0.1) is 11.4 Å². The van der Waals surface area contributed by atoms with E-state index >= 15 is 0 Å². The first-order chi connectivity index (χ1) is 9.58. The van der Waals surface area contributed by atoms with Gasteiger partial charge in [-0.25, -0.2) is 0 Å². The van der Waals surface area contributed by atoms with Gasteiger partial charge in [0.1, 0.15) is 6.33 Å². The van der Waals surface area contributed by atoms with Crippen LogP contribution in [0.25, 0.3) is 5.69 Å². The van der Waals surface area contributed by atoms with Gasteiger partial charge in [0, 0.05) is 6.04 Å². The number of nitrogens with zero attached hydrogens (tertiary/aromatic N) is 3. The number of carbonyl (C=O) groups excluding carboxylic acids is 1. The van der Waals surface area contributed by atoms with E-state index in [1.807, 2.05) is 49.6 Å². The lowest BCUT2D eigenvalue weighted by atomic mass is 10.2. The molecule has 0 bridgehead atoms. The summed E-state index contributed by atoms with van der Waals surface area (Å²) in [6.45, 7) is 5.92. The summed E-state index contributed by atoms with van der Waals surface area (Å²) in [5.41, 5.74) is 2.17. The van der Waals surface area contributed by atoms with Gasteiger partial charge in [-0.2, -0.15) is 0 Å². The molecule has 20 heavy (non-hydrogen) atoms. The molecule has 2 aromatic rings. The number of carbonyl (C=O) groups is 1. The minimum atomic E-state index is 0.00401. The van der Waals surface area contributed by atoms with E-state index in [0.717, 1.165) is 16.4 Å². The predicted octanol–water partition coefficient (Wildman–Crippen LogP) is 2.19. The highest BCUT2D eigenvalue weighted by Crippen LogP contribution is 2.21. The Morgan fingerprint density at radius 2 is 2.15 bits per heavy atom. The predicted molar refractivity (Wildman–Crippen MR) is 80.1 cm³/mol. The molecule has 6 heteroatoms. The van der Waals surface area contributed by atoms with Crippen molar-refractivity contribution in [2.45, 2.75) is 32.0 Å². The minimum Gasteiger partial charge on any atom is -0.353 e. The lowest BCUT2D eigenvalue weighted by Crippen LogP contribution is -2.31. The third-order valence-corrected chi connectivity index (χ3v) is 3.62. The molecule has 1 aromatic carbocycles. The number of hydrogen-bond donors (Lipinski definition) is 1. The Kier molecular flexibility index (Phi) is 4.79. The topological polar surface area (TPSA) is 59.8 Å². The highest BCUT2D eigenvalue weighted by molar-refractivity contribution is 7.99. The number of benzene rings is 1. The average Bonchev–Trinajstić information content (AvgIpc) is 2.84. The van der Waals surface area contributed by atoms with E-state index in [0.29, 0.717) is 5.75 Å². The first-order valence-corrected chi connectivity index (χ1v) is 7.44. The molecule has 1 amide bonds. The van der Waals surface area contributed by atoms with Crippen molar-refractivity contribution in [3.05, 3.63) is 36.2 Å². The third kappa shape index (κ3) is 3.60. The van der Waals surface area contributed by atoms with Gasteiger partial charge in [0.15, 0.2) is 5.16 Å². The van der Waals surface area contributed by atoms with E-state index < -0.39 is 0 Å². The maximum Gasteiger partial charge on any atom is 0.230 e. The number of hydrogen-bond acceptors (Lipinski definition) is 4. The van der Waals surface area contributed by atoms with E-state index in [2.05, 4.69) is 15.5 Å².